The van der Waals surface area contributed by atoms with Crippen LogP contribution in [0.5, 0.6) is 5.75 Å². The molecule has 0 saturated heterocycles. The van der Waals surface area contributed by atoms with Gasteiger partial charge in [0.25, 0.3) is 0 Å². The Morgan fingerprint density at radius 3 is 2.14 bits per heavy atom. The number of benzene rings is 2. The second-order valence-electron chi connectivity index (χ2n) is 6.24. The molecule has 2 rings (SSSR count). The number of amides is 1. The minimum absolute atomic E-state index is 0.125. The Bertz CT molecular complexity index is 927. The van der Waals surface area contributed by atoms with Crippen molar-refractivity contribution in [2.75, 3.05) is 29.0 Å². The van der Waals surface area contributed by atoms with Gasteiger partial charge >= 0.3 is 6.18 Å². The van der Waals surface area contributed by atoms with E-state index in [9.17, 15) is 26.4 Å². The number of halogens is 3. The van der Waals surface area contributed by atoms with Crippen LogP contribution in [-0.2, 0) is 21.0 Å². The summed E-state index contributed by atoms with van der Waals surface area (Å²) >= 11 is 0. The molecule has 0 spiro atoms. The molecule has 0 bridgehead atoms. The number of nitrogens with zero attached hydrogens (tertiary/aromatic N) is 1. The fourth-order valence-corrected chi connectivity index (χ4v) is 3.26. The largest absolute Gasteiger partial charge is 0.494 e. The van der Waals surface area contributed by atoms with Crippen molar-refractivity contribution in [3.63, 3.8) is 0 Å². The molecule has 158 valence electrons. The number of nitrogens with one attached hydrogen (secondary N) is 1. The maximum absolute atomic E-state index is 12.6. The number of sulfonamides is 1. The van der Waals surface area contributed by atoms with Crippen LogP contribution in [-0.4, -0.2) is 33.7 Å². The average Bonchev–Trinajstić information content (AvgIpc) is 2.64. The van der Waals surface area contributed by atoms with Crippen molar-refractivity contribution in [3.05, 3.63) is 54.1 Å². The molecule has 0 aromatic heterocycles. The van der Waals surface area contributed by atoms with Crippen molar-refractivity contribution >= 4 is 27.3 Å². The fourth-order valence-electron chi connectivity index (χ4n) is 2.40. The minimum Gasteiger partial charge on any atom is -0.494 e. The first-order valence-corrected chi connectivity index (χ1v) is 10.5. The zero-order valence-electron chi connectivity index (χ0n) is 15.9. The molecule has 0 fully saturated rings. The molecule has 0 saturated carbocycles. The molecule has 0 aliphatic carbocycles. The fraction of sp³-hybridized carbons (Fsp3) is 0.316. The molecule has 0 aliphatic heterocycles. The van der Waals surface area contributed by atoms with Crippen molar-refractivity contribution in [3.8, 4) is 5.75 Å². The van der Waals surface area contributed by atoms with Gasteiger partial charge in [-0.3, -0.25) is 9.10 Å². The first-order valence-electron chi connectivity index (χ1n) is 8.68. The van der Waals surface area contributed by atoms with Gasteiger partial charge < -0.3 is 10.1 Å². The summed E-state index contributed by atoms with van der Waals surface area (Å²) in [6, 6.07) is 10.1. The number of ether oxygens (including phenoxy) is 1. The van der Waals surface area contributed by atoms with Crippen LogP contribution in [0.25, 0.3) is 0 Å². The molecule has 2 aromatic rings. The Balaban J connectivity index is 2.11. The van der Waals surface area contributed by atoms with Crippen LogP contribution in [0.4, 0.5) is 24.5 Å². The highest BCUT2D eigenvalue weighted by molar-refractivity contribution is 7.92. The lowest BCUT2D eigenvalue weighted by Crippen LogP contribution is -2.37. The van der Waals surface area contributed by atoms with Crippen LogP contribution in [0.15, 0.2) is 48.5 Å². The van der Waals surface area contributed by atoms with E-state index in [-0.39, 0.29) is 11.4 Å². The van der Waals surface area contributed by atoms with Crippen LogP contribution in [0.2, 0.25) is 0 Å². The lowest BCUT2D eigenvalue weighted by Gasteiger charge is -2.22. The van der Waals surface area contributed by atoms with Crippen molar-refractivity contribution in [1.82, 2.24) is 0 Å². The number of carbonyl (C=O) groups is 1. The molecular formula is C19H21F3N2O4S. The first kappa shape index (κ1) is 22.5. The number of hydrogen-bond donors (Lipinski definition) is 1. The number of carbonyl (C=O) groups excluding carboxylic acids is 1. The summed E-state index contributed by atoms with van der Waals surface area (Å²) in [4.78, 5) is 12.3. The third-order valence-electron chi connectivity index (χ3n) is 3.78. The third kappa shape index (κ3) is 6.67. The number of anilines is 2. The van der Waals surface area contributed by atoms with E-state index >= 15 is 0 Å². The molecular weight excluding hydrogens is 409 g/mol. The van der Waals surface area contributed by atoms with E-state index in [1.54, 1.807) is 12.1 Å². The summed E-state index contributed by atoms with van der Waals surface area (Å²) in [5, 5.41) is 2.40. The van der Waals surface area contributed by atoms with Crippen LogP contribution >= 0.6 is 0 Å². The Hall–Kier alpha value is -2.75. The van der Waals surface area contributed by atoms with Gasteiger partial charge in [-0.2, -0.15) is 13.2 Å². The summed E-state index contributed by atoms with van der Waals surface area (Å²) in [5.74, 6) is -0.125. The highest BCUT2D eigenvalue weighted by atomic mass is 32.2. The molecule has 29 heavy (non-hydrogen) atoms. The van der Waals surface area contributed by atoms with E-state index in [0.717, 1.165) is 41.2 Å². The molecule has 0 aliphatic rings. The Kier molecular flexibility index (Phi) is 7.12. The Morgan fingerprint density at radius 1 is 1.07 bits per heavy atom. The van der Waals surface area contributed by atoms with Crippen LogP contribution in [0.3, 0.4) is 0 Å². The van der Waals surface area contributed by atoms with Gasteiger partial charge in [0.2, 0.25) is 15.9 Å². The summed E-state index contributed by atoms with van der Waals surface area (Å²) in [5.41, 5.74) is -0.461. The highest BCUT2D eigenvalue weighted by Gasteiger charge is 2.30. The predicted octanol–water partition coefficient (Wildman–Crippen LogP) is 3.90. The van der Waals surface area contributed by atoms with Gasteiger partial charge in [-0.15, -0.1) is 0 Å². The monoisotopic (exact) mass is 430 g/mol. The zero-order chi connectivity index (χ0) is 21.7. The summed E-state index contributed by atoms with van der Waals surface area (Å²) in [7, 11) is -3.78. The Labute approximate surface area is 167 Å². The van der Waals surface area contributed by atoms with Crippen molar-refractivity contribution in [1.29, 1.82) is 0 Å². The zero-order valence-corrected chi connectivity index (χ0v) is 16.7. The summed E-state index contributed by atoms with van der Waals surface area (Å²) in [6.07, 6.45) is -2.70. The number of alkyl halides is 3. The minimum atomic E-state index is -4.48. The third-order valence-corrected chi connectivity index (χ3v) is 4.92. The second-order valence-corrected chi connectivity index (χ2v) is 8.14. The molecule has 1 N–H and O–H groups in total. The first-order chi connectivity index (χ1) is 13.5. The van der Waals surface area contributed by atoms with Gasteiger partial charge in [-0.05, 0) is 55.0 Å². The summed E-state index contributed by atoms with van der Waals surface area (Å²) < 4.78 is 68.4. The van der Waals surface area contributed by atoms with E-state index in [2.05, 4.69) is 5.32 Å². The number of hydrogen-bond acceptors (Lipinski definition) is 4. The quantitative estimate of drug-likeness (QED) is 0.689. The van der Waals surface area contributed by atoms with Crippen LogP contribution in [0.1, 0.15) is 18.9 Å². The van der Waals surface area contributed by atoms with Crippen LogP contribution < -0.4 is 14.4 Å². The van der Waals surface area contributed by atoms with E-state index < -0.39 is 34.2 Å². The topological polar surface area (TPSA) is 75.7 Å². The van der Waals surface area contributed by atoms with E-state index in [1.807, 2.05) is 6.92 Å². The van der Waals surface area contributed by atoms with Gasteiger partial charge in [0.05, 0.1) is 24.1 Å². The van der Waals surface area contributed by atoms with Crippen molar-refractivity contribution in [2.24, 2.45) is 0 Å². The molecule has 0 radical (unpaired) electrons. The molecule has 6 nitrogen and oxygen atoms in total. The van der Waals surface area contributed by atoms with Gasteiger partial charge in [0.15, 0.2) is 0 Å². The van der Waals surface area contributed by atoms with Gasteiger partial charge in [-0.1, -0.05) is 6.92 Å². The maximum atomic E-state index is 12.6. The molecule has 0 atom stereocenters. The molecule has 1 amide bonds. The lowest BCUT2D eigenvalue weighted by atomic mass is 10.2. The van der Waals surface area contributed by atoms with E-state index in [0.29, 0.717) is 12.4 Å². The van der Waals surface area contributed by atoms with Gasteiger partial charge in [-0.25, -0.2) is 8.42 Å². The molecule has 2 aromatic carbocycles. The molecule has 0 heterocycles. The normalized spacial score (nSPS) is 11.8. The lowest BCUT2D eigenvalue weighted by molar-refractivity contribution is -0.137. The van der Waals surface area contributed by atoms with Gasteiger partial charge in [0.1, 0.15) is 12.3 Å². The second kappa shape index (κ2) is 9.17. The SMILES string of the molecule is CCCOc1ccc(N(CC(=O)Nc2ccc(C(F)(F)F)cc2)S(C)(=O)=O)cc1. The standard InChI is InChI=1S/C19H21F3N2O4S/c1-3-12-28-17-10-8-16(9-11-17)24(29(2,26)27)13-18(25)23-15-6-4-14(5-7-15)19(20,21)22/h4-11H,3,12-13H2,1-2H3,(H,23,25). The van der Waals surface area contributed by atoms with E-state index in [4.69, 9.17) is 4.74 Å². The maximum Gasteiger partial charge on any atom is 0.416 e. The molecule has 0 unspecified atom stereocenters. The smallest absolute Gasteiger partial charge is 0.416 e. The van der Waals surface area contributed by atoms with E-state index in [1.165, 1.54) is 12.1 Å². The van der Waals surface area contributed by atoms with Crippen molar-refractivity contribution < 1.29 is 31.1 Å². The Morgan fingerprint density at radius 2 is 1.66 bits per heavy atom. The number of rotatable bonds is 8. The van der Waals surface area contributed by atoms with Crippen molar-refractivity contribution in [2.45, 2.75) is 19.5 Å². The predicted molar refractivity (Wildman–Crippen MR) is 104 cm³/mol. The van der Waals surface area contributed by atoms with Crippen LogP contribution in [0, 0.1) is 0 Å². The highest BCUT2D eigenvalue weighted by Crippen LogP contribution is 2.30. The average molecular weight is 430 g/mol. The molecule has 10 heteroatoms. The van der Waals surface area contributed by atoms with Gasteiger partial charge in [0, 0.05) is 5.69 Å². The summed E-state index contributed by atoms with van der Waals surface area (Å²) in [6.45, 7) is 1.94.